The van der Waals surface area contributed by atoms with Gasteiger partial charge in [-0.15, -0.1) is 0 Å². The van der Waals surface area contributed by atoms with E-state index >= 15 is 0 Å². The van der Waals surface area contributed by atoms with Gasteiger partial charge in [-0.1, -0.05) is 71.6 Å². The van der Waals surface area contributed by atoms with Gasteiger partial charge < -0.3 is 9.56 Å². The first-order chi connectivity index (χ1) is 17.5. The van der Waals surface area contributed by atoms with Crippen LogP contribution in [0.3, 0.4) is 0 Å². The number of carbonyl (C=O) groups excluding carboxylic acids is 1. The fourth-order valence-corrected chi connectivity index (χ4v) is 3.77. The molecule has 0 radical (unpaired) electrons. The Morgan fingerprint density at radius 3 is 2.06 bits per heavy atom. The molecule has 0 spiro atoms. The third-order valence-corrected chi connectivity index (χ3v) is 5.10. The Morgan fingerprint density at radius 2 is 1.56 bits per heavy atom. The zero-order valence-corrected chi connectivity index (χ0v) is 20.8. The fraction of sp³-hybridized carbons (Fsp3) is 0.133. The van der Waals surface area contributed by atoms with Crippen molar-refractivity contribution in [3.05, 3.63) is 72.0 Å². The smallest absolute Gasteiger partial charge is 0.506 e. The number of nitrogens with zero attached hydrogens (tertiary/aromatic N) is 1. The second kappa shape index (κ2) is 14.3. The standard InChI is InChI=1S/C19H20BNO2.C11H4BN/c1-14-19(15(2)22)16(3)23-20(21-14,17-10-6-4-7-11-17)18-12-8-5-9-13-18;1-3-5-7-9-11-13-12-10-8-6-4-2/h4-13,21H,1-3H3;1H,2H3. The van der Waals surface area contributed by atoms with Crippen LogP contribution in [0.4, 0.5) is 0 Å². The van der Waals surface area contributed by atoms with Crippen LogP contribution in [0, 0.1) is 59.7 Å². The number of hydrogen-bond donors (Lipinski definition) is 1. The Hall–Kier alpha value is -4.95. The van der Waals surface area contributed by atoms with Crippen LogP contribution in [-0.2, 0) is 9.45 Å². The summed E-state index contributed by atoms with van der Waals surface area (Å²) < 4.78 is 6.38. The number of ketones is 1. The third-order valence-electron chi connectivity index (χ3n) is 5.10. The van der Waals surface area contributed by atoms with Crippen LogP contribution in [-0.4, -0.2) is 25.1 Å². The van der Waals surface area contributed by atoms with E-state index in [9.17, 15) is 4.79 Å². The summed E-state index contributed by atoms with van der Waals surface area (Å²) in [5, 5.41) is 0. The number of nitrogens with one attached hydrogen (secondary N) is 1. The van der Waals surface area contributed by atoms with Gasteiger partial charge in [-0.05, 0) is 13.8 Å². The fourth-order valence-electron chi connectivity index (χ4n) is 3.77. The second-order valence-electron chi connectivity index (χ2n) is 7.52. The molecule has 2 aromatic carbocycles. The molecule has 1 aliphatic rings. The zero-order chi connectivity index (χ0) is 26.2. The average molecular weight is 466 g/mol. The molecule has 0 aromatic heterocycles. The molecule has 0 saturated heterocycles. The molecule has 172 valence electrons. The van der Waals surface area contributed by atoms with Crippen molar-refractivity contribution in [1.82, 2.24) is 0 Å². The molecule has 1 heterocycles. The predicted octanol–water partition coefficient (Wildman–Crippen LogP) is 1.13. The normalized spacial score (nSPS) is 12.4. The molecule has 1 N–H and O–H groups in total. The number of terminal acetylenes is 1. The second-order valence-corrected chi connectivity index (χ2v) is 7.52. The first kappa shape index (κ1) is 27.3. The molecular formula is C30H24B2N2O2. The molecule has 0 atom stereocenters. The van der Waals surface area contributed by atoms with Gasteiger partial charge >= 0.3 is 85.1 Å². The maximum atomic E-state index is 11.9. The molecule has 1 aliphatic heterocycles. The summed E-state index contributed by atoms with van der Waals surface area (Å²) in [7, 11) is 1.36. The monoisotopic (exact) mass is 466 g/mol. The summed E-state index contributed by atoms with van der Waals surface area (Å²) in [6, 6.07) is 22.6. The van der Waals surface area contributed by atoms with Crippen molar-refractivity contribution in [3.63, 3.8) is 0 Å². The van der Waals surface area contributed by atoms with Gasteiger partial charge in [-0.25, -0.2) is 0 Å². The van der Waals surface area contributed by atoms with Crippen LogP contribution >= 0.6 is 0 Å². The van der Waals surface area contributed by atoms with Crippen molar-refractivity contribution in [3.8, 4) is 59.7 Å². The number of Topliss-reactive ketones (excluding diaryl/α,β-unsaturated/α-hetero) is 1. The van der Waals surface area contributed by atoms with E-state index in [2.05, 4.69) is 87.4 Å². The van der Waals surface area contributed by atoms with Crippen molar-refractivity contribution in [2.75, 3.05) is 0 Å². The SMILES string of the molecule is C#CC#CC#CN=BC#CC#CC.CC(=O)C1=C(C)O[B-](c2ccccc2)(c2ccccc2)[NH+]=C1C. The Balaban J connectivity index is 0.000000302. The van der Waals surface area contributed by atoms with Gasteiger partial charge in [0, 0.05) is 6.92 Å². The Kier molecular flexibility index (Phi) is 10.9. The van der Waals surface area contributed by atoms with Crippen LogP contribution in [0.5, 0.6) is 0 Å². The molecular weight excluding hydrogens is 442 g/mol. The molecule has 0 aliphatic carbocycles. The van der Waals surface area contributed by atoms with Crippen molar-refractivity contribution in [1.29, 1.82) is 0 Å². The average Bonchev–Trinajstić information content (AvgIpc) is 2.88. The van der Waals surface area contributed by atoms with Gasteiger partial charge in [-0.2, -0.15) is 0 Å². The Morgan fingerprint density at radius 1 is 0.944 bits per heavy atom. The molecule has 2 aromatic rings. The molecule has 6 heteroatoms. The largest absolute Gasteiger partial charge is 0.654 e. The number of benzene rings is 2. The number of rotatable bonds is 3. The maximum Gasteiger partial charge on any atom is 0.506 e. The van der Waals surface area contributed by atoms with E-state index in [1.54, 1.807) is 13.8 Å². The van der Waals surface area contributed by atoms with E-state index in [4.69, 9.17) is 11.1 Å². The third kappa shape index (κ3) is 7.54. The summed E-state index contributed by atoms with van der Waals surface area (Å²) in [5.41, 5.74) is 3.60. The minimum Gasteiger partial charge on any atom is -0.654 e. The van der Waals surface area contributed by atoms with Gasteiger partial charge in [0.2, 0.25) is 0 Å². The van der Waals surface area contributed by atoms with Crippen LogP contribution in [0.1, 0.15) is 27.7 Å². The molecule has 3 rings (SSSR count). The van der Waals surface area contributed by atoms with Gasteiger partial charge in [-0.3, -0.25) is 4.79 Å². The van der Waals surface area contributed by atoms with Crippen molar-refractivity contribution >= 4 is 36.0 Å². The van der Waals surface area contributed by atoms with Crippen LogP contribution in [0.15, 0.2) is 76.9 Å². The number of carbonyl (C=O) groups is 1. The first-order valence-electron chi connectivity index (χ1n) is 11.1. The Labute approximate surface area is 214 Å². The molecule has 0 saturated carbocycles. The van der Waals surface area contributed by atoms with E-state index in [0.29, 0.717) is 11.3 Å². The van der Waals surface area contributed by atoms with Crippen LogP contribution < -0.4 is 15.8 Å². The topological polar surface area (TPSA) is 52.6 Å². The van der Waals surface area contributed by atoms with Gasteiger partial charge in [0.25, 0.3) is 0 Å². The van der Waals surface area contributed by atoms with Crippen LogP contribution in [0.2, 0.25) is 0 Å². The minimum absolute atomic E-state index is 0.0121. The van der Waals surface area contributed by atoms with Crippen molar-refractivity contribution in [2.45, 2.75) is 27.7 Å². The van der Waals surface area contributed by atoms with Crippen molar-refractivity contribution in [2.24, 2.45) is 4.90 Å². The molecule has 36 heavy (non-hydrogen) atoms. The van der Waals surface area contributed by atoms with Crippen LogP contribution in [0.25, 0.3) is 0 Å². The van der Waals surface area contributed by atoms with E-state index < -0.39 is 6.48 Å². The Bertz CT molecular complexity index is 1440. The summed E-state index contributed by atoms with van der Waals surface area (Å²) in [4.78, 5) is 19.0. The van der Waals surface area contributed by atoms with E-state index in [1.807, 2.05) is 50.2 Å². The summed E-state index contributed by atoms with van der Waals surface area (Å²) in [5.74, 6) is 20.2. The number of allylic oxidation sites excluding steroid dienone is 2. The van der Waals surface area contributed by atoms with Gasteiger partial charge in [0.05, 0.1) is 5.76 Å². The van der Waals surface area contributed by atoms with Gasteiger partial charge in [0.1, 0.15) is 11.3 Å². The first-order valence-corrected chi connectivity index (χ1v) is 11.1. The van der Waals surface area contributed by atoms with Gasteiger partial charge in [0.15, 0.2) is 5.78 Å². The molecule has 0 fully saturated rings. The van der Waals surface area contributed by atoms with E-state index in [1.165, 1.54) is 7.07 Å². The summed E-state index contributed by atoms with van der Waals surface area (Å²) in [6.07, 6.45) is 4.86. The number of hydrogen-bond acceptors (Lipinski definition) is 3. The summed E-state index contributed by atoms with van der Waals surface area (Å²) >= 11 is 0. The predicted molar refractivity (Wildman–Crippen MR) is 148 cm³/mol. The molecule has 4 nitrogen and oxygen atoms in total. The molecule has 0 bridgehead atoms. The molecule has 0 amide bonds. The molecule has 0 unspecified atom stereocenters. The van der Waals surface area contributed by atoms with Crippen molar-refractivity contribution < 1.29 is 14.4 Å². The zero-order valence-electron chi connectivity index (χ0n) is 20.8. The van der Waals surface area contributed by atoms with E-state index in [0.717, 1.165) is 16.6 Å². The maximum absolute atomic E-state index is 11.9. The quantitative estimate of drug-likeness (QED) is 0.545. The minimum atomic E-state index is -1.64. The van der Waals surface area contributed by atoms with E-state index in [-0.39, 0.29) is 5.78 Å². The summed E-state index contributed by atoms with van der Waals surface area (Å²) in [6.45, 7) is 5.43.